The van der Waals surface area contributed by atoms with Crippen LogP contribution in [-0.4, -0.2) is 17.5 Å². The number of benzene rings is 2. The van der Waals surface area contributed by atoms with E-state index in [4.69, 9.17) is 0 Å². The van der Waals surface area contributed by atoms with E-state index >= 15 is 0 Å². The molecule has 2 aromatic rings. The summed E-state index contributed by atoms with van der Waals surface area (Å²) in [6.45, 7) is 1.98. The van der Waals surface area contributed by atoms with Crippen LogP contribution in [0.2, 0.25) is 0 Å². The maximum atomic E-state index is 14.0. The molecule has 0 bridgehead atoms. The first-order chi connectivity index (χ1) is 13.3. The standard InChI is InChI=1S/C19H15F4N3O2/c1-2-10-3-5-11(6-4-10)24-19(28)14-7-8-15(27)26(25-14)18-16(22)12(20)9-13(21)17(18)23/h3-6,9H,2,7-8H2,1H3,(H,24,28). The number of nitrogens with one attached hydrogen (secondary N) is 1. The Morgan fingerprint density at radius 1 is 1.07 bits per heavy atom. The van der Waals surface area contributed by atoms with Crippen LogP contribution in [0.4, 0.5) is 28.9 Å². The summed E-state index contributed by atoms with van der Waals surface area (Å²) >= 11 is 0. The zero-order valence-electron chi connectivity index (χ0n) is 14.7. The third kappa shape index (κ3) is 3.73. The predicted molar refractivity (Wildman–Crippen MR) is 94.9 cm³/mol. The van der Waals surface area contributed by atoms with Crippen LogP contribution in [-0.2, 0) is 16.0 Å². The van der Waals surface area contributed by atoms with Crippen LogP contribution in [0.1, 0.15) is 25.3 Å². The smallest absolute Gasteiger partial charge is 0.271 e. The second kappa shape index (κ2) is 7.79. The molecule has 0 fully saturated rings. The van der Waals surface area contributed by atoms with Crippen molar-refractivity contribution in [3.8, 4) is 0 Å². The topological polar surface area (TPSA) is 61.8 Å². The highest BCUT2D eigenvalue weighted by Crippen LogP contribution is 2.30. The predicted octanol–water partition coefficient (Wildman–Crippen LogP) is 3.93. The van der Waals surface area contributed by atoms with Gasteiger partial charge >= 0.3 is 0 Å². The summed E-state index contributed by atoms with van der Waals surface area (Å²) in [7, 11) is 0. The average Bonchev–Trinajstić information content (AvgIpc) is 2.68. The Balaban J connectivity index is 1.91. The molecule has 0 radical (unpaired) electrons. The van der Waals surface area contributed by atoms with Gasteiger partial charge in [0.25, 0.3) is 5.91 Å². The van der Waals surface area contributed by atoms with Gasteiger partial charge in [-0.1, -0.05) is 19.1 Å². The van der Waals surface area contributed by atoms with Crippen molar-refractivity contribution in [1.82, 2.24) is 0 Å². The lowest BCUT2D eigenvalue weighted by Gasteiger charge is -2.24. The lowest BCUT2D eigenvalue weighted by atomic mass is 10.1. The molecule has 0 aliphatic carbocycles. The number of anilines is 2. The summed E-state index contributed by atoms with van der Waals surface area (Å²) in [5.74, 6) is -8.49. The molecule has 9 heteroatoms. The number of halogens is 4. The van der Waals surface area contributed by atoms with E-state index in [-0.39, 0.29) is 29.6 Å². The lowest BCUT2D eigenvalue weighted by molar-refractivity contribution is -0.118. The number of carbonyl (C=O) groups excluding carboxylic acids is 2. The van der Waals surface area contributed by atoms with Crippen molar-refractivity contribution < 1.29 is 27.2 Å². The van der Waals surface area contributed by atoms with Crippen LogP contribution >= 0.6 is 0 Å². The zero-order chi connectivity index (χ0) is 20.4. The monoisotopic (exact) mass is 393 g/mol. The van der Waals surface area contributed by atoms with Gasteiger partial charge < -0.3 is 5.32 Å². The normalized spacial score (nSPS) is 14.1. The quantitative estimate of drug-likeness (QED) is 0.632. The third-order valence-electron chi connectivity index (χ3n) is 4.22. The van der Waals surface area contributed by atoms with Gasteiger partial charge in [-0.3, -0.25) is 9.59 Å². The molecule has 0 saturated carbocycles. The van der Waals surface area contributed by atoms with Crippen LogP contribution < -0.4 is 10.3 Å². The van der Waals surface area contributed by atoms with E-state index in [2.05, 4.69) is 10.4 Å². The molecule has 28 heavy (non-hydrogen) atoms. The average molecular weight is 393 g/mol. The molecule has 0 atom stereocenters. The van der Waals surface area contributed by atoms with Crippen LogP contribution in [0.25, 0.3) is 0 Å². The molecule has 0 saturated heterocycles. The van der Waals surface area contributed by atoms with Gasteiger partial charge in [0, 0.05) is 24.6 Å². The molecule has 2 aromatic carbocycles. The lowest BCUT2D eigenvalue weighted by Crippen LogP contribution is -2.37. The van der Waals surface area contributed by atoms with Gasteiger partial charge in [-0.25, -0.2) is 17.6 Å². The molecule has 0 unspecified atom stereocenters. The molecular weight excluding hydrogens is 378 g/mol. The summed E-state index contributed by atoms with van der Waals surface area (Å²) in [5, 5.41) is 6.39. The molecule has 1 aliphatic heterocycles. The molecule has 1 heterocycles. The fraction of sp³-hybridized carbons (Fsp3) is 0.211. The van der Waals surface area contributed by atoms with Crippen molar-refractivity contribution in [2.75, 3.05) is 10.3 Å². The fourth-order valence-corrected chi connectivity index (χ4v) is 2.66. The Bertz CT molecular complexity index is 948. The second-order valence-electron chi connectivity index (χ2n) is 6.07. The maximum absolute atomic E-state index is 14.0. The summed E-state index contributed by atoms with van der Waals surface area (Å²) in [4.78, 5) is 24.4. The van der Waals surface area contributed by atoms with Crippen LogP contribution in [0.3, 0.4) is 0 Å². The summed E-state index contributed by atoms with van der Waals surface area (Å²) in [6, 6.07) is 7.00. The van der Waals surface area contributed by atoms with E-state index < -0.39 is 40.8 Å². The van der Waals surface area contributed by atoms with E-state index in [0.29, 0.717) is 5.69 Å². The molecule has 5 nitrogen and oxygen atoms in total. The molecule has 3 rings (SSSR count). The van der Waals surface area contributed by atoms with Gasteiger partial charge in [-0.05, 0) is 24.1 Å². The molecule has 0 spiro atoms. The zero-order valence-corrected chi connectivity index (χ0v) is 14.7. The van der Waals surface area contributed by atoms with Gasteiger partial charge in [-0.15, -0.1) is 0 Å². The van der Waals surface area contributed by atoms with Gasteiger partial charge in [-0.2, -0.15) is 10.1 Å². The Morgan fingerprint density at radius 2 is 1.68 bits per heavy atom. The number of hydrogen-bond donors (Lipinski definition) is 1. The Kier molecular flexibility index (Phi) is 5.43. The molecule has 146 valence electrons. The van der Waals surface area contributed by atoms with E-state index in [9.17, 15) is 27.2 Å². The Labute approximate surface area is 157 Å². The van der Waals surface area contributed by atoms with Crippen molar-refractivity contribution in [2.45, 2.75) is 26.2 Å². The molecule has 2 amide bonds. The second-order valence-corrected chi connectivity index (χ2v) is 6.07. The summed E-state index contributed by atoms with van der Waals surface area (Å²) in [5.41, 5.74) is 0.0220. The number of rotatable bonds is 4. The van der Waals surface area contributed by atoms with E-state index in [1.54, 1.807) is 12.1 Å². The van der Waals surface area contributed by atoms with Crippen LogP contribution in [0.15, 0.2) is 35.4 Å². The highest BCUT2D eigenvalue weighted by molar-refractivity contribution is 6.44. The highest BCUT2D eigenvalue weighted by atomic mass is 19.2. The van der Waals surface area contributed by atoms with Gasteiger partial charge in [0.1, 0.15) is 11.4 Å². The van der Waals surface area contributed by atoms with Gasteiger partial charge in [0.05, 0.1) is 0 Å². The number of nitrogens with zero attached hydrogens (tertiary/aromatic N) is 2. The summed E-state index contributed by atoms with van der Waals surface area (Å²) < 4.78 is 54.9. The van der Waals surface area contributed by atoms with Crippen molar-refractivity contribution in [3.63, 3.8) is 0 Å². The Hall–Kier alpha value is -3.23. The number of amides is 2. The fourth-order valence-electron chi connectivity index (χ4n) is 2.66. The van der Waals surface area contributed by atoms with Crippen LogP contribution in [0.5, 0.6) is 0 Å². The minimum Gasteiger partial charge on any atom is -0.321 e. The Morgan fingerprint density at radius 3 is 2.25 bits per heavy atom. The number of carbonyl (C=O) groups is 2. The van der Waals surface area contributed by atoms with E-state index in [1.165, 1.54) is 0 Å². The minimum atomic E-state index is -1.77. The number of hydrazone groups is 1. The third-order valence-corrected chi connectivity index (χ3v) is 4.22. The van der Waals surface area contributed by atoms with Crippen molar-refractivity contribution >= 4 is 28.9 Å². The van der Waals surface area contributed by atoms with Gasteiger partial charge in [0.15, 0.2) is 23.3 Å². The molecule has 1 aliphatic rings. The maximum Gasteiger partial charge on any atom is 0.271 e. The minimum absolute atomic E-state index is 0.0277. The number of hydrogen-bond acceptors (Lipinski definition) is 3. The summed E-state index contributed by atoms with van der Waals surface area (Å²) in [6.07, 6.45) is 0.423. The van der Waals surface area contributed by atoms with Crippen LogP contribution in [0, 0.1) is 23.3 Å². The molecule has 1 N–H and O–H groups in total. The van der Waals surface area contributed by atoms with Crippen molar-refractivity contribution in [3.05, 3.63) is 59.2 Å². The molecule has 0 aromatic heterocycles. The van der Waals surface area contributed by atoms with Gasteiger partial charge in [0.2, 0.25) is 5.91 Å². The largest absolute Gasteiger partial charge is 0.321 e. The first-order valence-electron chi connectivity index (χ1n) is 8.45. The van der Waals surface area contributed by atoms with E-state index in [0.717, 1.165) is 12.0 Å². The highest BCUT2D eigenvalue weighted by Gasteiger charge is 2.32. The van der Waals surface area contributed by atoms with Crippen molar-refractivity contribution in [2.24, 2.45) is 5.10 Å². The molecular formula is C19H15F4N3O2. The first kappa shape index (κ1) is 19.5. The van der Waals surface area contributed by atoms with E-state index in [1.807, 2.05) is 19.1 Å². The number of aryl methyl sites for hydroxylation is 1. The SMILES string of the molecule is CCc1ccc(NC(=O)C2=NN(c3c(F)c(F)cc(F)c3F)C(=O)CC2)cc1. The first-order valence-corrected chi connectivity index (χ1v) is 8.45. The van der Waals surface area contributed by atoms with Crippen molar-refractivity contribution in [1.29, 1.82) is 0 Å².